The van der Waals surface area contributed by atoms with E-state index in [-0.39, 0.29) is 5.54 Å². The zero-order chi connectivity index (χ0) is 18.7. The van der Waals surface area contributed by atoms with Gasteiger partial charge in [-0.1, -0.05) is 12.1 Å². The normalized spacial score (nSPS) is 11.9. The van der Waals surface area contributed by atoms with Gasteiger partial charge in [-0.25, -0.2) is 9.97 Å². The van der Waals surface area contributed by atoms with E-state index in [0.29, 0.717) is 12.4 Å². The molecule has 26 heavy (non-hydrogen) atoms. The minimum Gasteiger partial charge on any atom is -0.364 e. The molecule has 1 aromatic carbocycles. The third kappa shape index (κ3) is 4.31. The van der Waals surface area contributed by atoms with Crippen LogP contribution in [0.15, 0.2) is 24.3 Å². The fourth-order valence-electron chi connectivity index (χ4n) is 2.73. The molecule has 0 aliphatic carbocycles. The van der Waals surface area contributed by atoms with Gasteiger partial charge in [0, 0.05) is 35.8 Å². The predicted octanol–water partition coefficient (Wildman–Crippen LogP) is 3.87. The molecule has 2 heterocycles. The van der Waals surface area contributed by atoms with E-state index in [1.807, 2.05) is 31.2 Å². The van der Waals surface area contributed by atoms with Crippen LogP contribution in [0.2, 0.25) is 0 Å². The smallest absolute Gasteiger partial charge is 0.148 e. The van der Waals surface area contributed by atoms with Crippen molar-refractivity contribution in [2.24, 2.45) is 0 Å². The molecule has 138 valence electrons. The lowest BCUT2D eigenvalue weighted by molar-refractivity contribution is 0.629. The molecule has 3 aromatic rings. The summed E-state index contributed by atoms with van der Waals surface area (Å²) in [5, 5.41) is 14.2. The molecule has 0 fully saturated rings. The van der Waals surface area contributed by atoms with E-state index in [2.05, 4.69) is 41.6 Å². The van der Waals surface area contributed by atoms with Crippen LogP contribution in [-0.2, 0) is 6.54 Å². The summed E-state index contributed by atoms with van der Waals surface area (Å²) >= 11 is 5.70. The molecule has 0 radical (unpaired) electrons. The van der Waals surface area contributed by atoms with Gasteiger partial charge < -0.3 is 10.6 Å². The molecule has 0 aliphatic heterocycles. The number of halogens is 1. The van der Waals surface area contributed by atoms with E-state index in [1.54, 1.807) is 0 Å². The summed E-state index contributed by atoms with van der Waals surface area (Å²) in [5.74, 6) is 1.39. The molecule has 0 atom stereocenters. The minimum atomic E-state index is -0.0876. The van der Waals surface area contributed by atoms with Crippen LogP contribution in [0.4, 0.5) is 5.82 Å². The van der Waals surface area contributed by atoms with E-state index >= 15 is 0 Å². The van der Waals surface area contributed by atoms with Crippen molar-refractivity contribution < 1.29 is 0 Å². The van der Waals surface area contributed by atoms with Crippen molar-refractivity contribution in [1.29, 1.82) is 0 Å². The standard InChI is InChI=1S/C19H25ClN6/c1-12-18(24-19(2,3)4)23-17-14(6-5-7-15(17)22-12)16-10-13(25-26-16)11-21-9-8-20/h5-7,10,21H,8-9,11H2,1-4H3,(H,23,24)(H,25,26). The number of rotatable bonds is 6. The van der Waals surface area contributed by atoms with E-state index in [4.69, 9.17) is 21.6 Å². The number of benzene rings is 1. The number of hydrogen-bond donors (Lipinski definition) is 3. The second-order valence-electron chi connectivity index (χ2n) is 7.35. The first-order valence-corrected chi connectivity index (χ1v) is 9.28. The van der Waals surface area contributed by atoms with Gasteiger partial charge in [-0.15, -0.1) is 11.6 Å². The SMILES string of the molecule is Cc1nc2cccc(-c3cc(CNCCCl)[nH]n3)c2nc1NC(C)(C)C. The zero-order valence-electron chi connectivity index (χ0n) is 15.7. The van der Waals surface area contributed by atoms with Gasteiger partial charge in [0.15, 0.2) is 0 Å². The third-order valence-corrected chi connectivity index (χ3v) is 4.05. The number of anilines is 1. The van der Waals surface area contributed by atoms with Crippen LogP contribution >= 0.6 is 11.6 Å². The Morgan fingerprint density at radius 1 is 1.19 bits per heavy atom. The van der Waals surface area contributed by atoms with E-state index < -0.39 is 0 Å². The van der Waals surface area contributed by atoms with Crippen LogP contribution in [0.25, 0.3) is 22.3 Å². The number of aryl methyl sites for hydroxylation is 1. The Bertz CT molecular complexity index is 897. The van der Waals surface area contributed by atoms with Crippen LogP contribution < -0.4 is 10.6 Å². The summed E-state index contributed by atoms with van der Waals surface area (Å²) in [6, 6.07) is 8.03. The Morgan fingerprint density at radius 3 is 2.73 bits per heavy atom. The van der Waals surface area contributed by atoms with E-state index in [9.17, 15) is 0 Å². The average Bonchev–Trinajstić information content (AvgIpc) is 3.03. The molecule has 0 aliphatic rings. The second kappa shape index (κ2) is 7.60. The van der Waals surface area contributed by atoms with Gasteiger partial charge in [-0.3, -0.25) is 5.10 Å². The number of H-pyrrole nitrogens is 1. The number of fused-ring (bicyclic) bond motifs is 1. The molecule has 3 N–H and O–H groups in total. The first-order valence-electron chi connectivity index (χ1n) is 8.74. The maximum atomic E-state index is 5.70. The topological polar surface area (TPSA) is 78.5 Å². The summed E-state index contributed by atoms with van der Waals surface area (Å²) in [7, 11) is 0. The molecule has 0 unspecified atom stereocenters. The number of alkyl halides is 1. The maximum absolute atomic E-state index is 5.70. The van der Waals surface area contributed by atoms with Crippen LogP contribution in [-0.4, -0.2) is 38.1 Å². The monoisotopic (exact) mass is 372 g/mol. The summed E-state index contributed by atoms with van der Waals surface area (Å²) in [4.78, 5) is 9.58. The van der Waals surface area contributed by atoms with Crippen LogP contribution in [0.1, 0.15) is 32.2 Å². The summed E-state index contributed by atoms with van der Waals surface area (Å²) in [5.41, 5.74) is 5.34. The molecule has 6 nitrogen and oxygen atoms in total. The minimum absolute atomic E-state index is 0.0876. The molecule has 3 rings (SSSR count). The van der Waals surface area contributed by atoms with Gasteiger partial charge in [0.25, 0.3) is 0 Å². The number of para-hydroxylation sites is 1. The lowest BCUT2D eigenvalue weighted by atomic mass is 10.1. The summed E-state index contributed by atoms with van der Waals surface area (Å²) in [6.45, 7) is 9.76. The third-order valence-electron chi connectivity index (χ3n) is 3.86. The Kier molecular flexibility index (Phi) is 5.44. The highest BCUT2D eigenvalue weighted by atomic mass is 35.5. The molecular weight excluding hydrogens is 348 g/mol. The molecule has 0 saturated carbocycles. The zero-order valence-corrected chi connectivity index (χ0v) is 16.4. The van der Waals surface area contributed by atoms with Crippen molar-refractivity contribution in [3.63, 3.8) is 0 Å². The van der Waals surface area contributed by atoms with Gasteiger partial charge in [-0.2, -0.15) is 5.10 Å². The number of aromatic amines is 1. The molecule has 2 aromatic heterocycles. The quantitative estimate of drug-likeness (QED) is 0.452. The number of nitrogens with one attached hydrogen (secondary N) is 3. The summed E-state index contributed by atoms with van der Waals surface area (Å²) < 4.78 is 0. The lowest BCUT2D eigenvalue weighted by Gasteiger charge is -2.22. The molecule has 7 heteroatoms. The largest absolute Gasteiger partial charge is 0.364 e. The Morgan fingerprint density at radius 2 is 2.00 bits per heavy atom. The number of aromatic nitrogens is 4. The van der Waals surface area contributed by atoms with Gasteiger partial charge >= 0.3 is 0 Å². The molecule has 0 amide bonds. The van der Waals surface area contributed by atoms with E-state index in [0.717, 1.165) is 46.0 Å². The Hall–Kier alpha value is -2.18. The highest BCUT2D eigenvalue weighted by Crippen LogP contribution is 2.28. The highest BCUT2D eigenvalue weighted by molar-refractivity contribution is 6.18. The molecule has 0 spiro atoms. The first kappa shape index (κ1) is 18.6. The van der Waals surface area contributed by atoms with Gasteiger partial charge in [0.2, 0.25) is 0 Å². The fraction of sp³-hybridized carbons (Fsp3) is 0.421. The van der Waals surface area contributed by atoms with Gasteiger partial charge in [-0.05, 0) is 39.8 Å². The average molecular weight is 373 g/mol. The number of nitrogens with zero attached hydrogens (tertiary/aromatic N) is 3. The predicted molar refractivity (Wildman–Crippen MR) is 108 cm³/mol. The van der Waals surface area contributed by atoms with Crippen molar-refractivity contribution in [1.82, 2.24) is 25.5 Å². The lowest BCUT2D eigenvalue weighted by Crippen LogP contribution is -2.27. The number of hydrogen-bond acceptors (Lipinski definition) is 5. The van der Waals surface area contributed by atoms with Crippen molar-refractivity contribution >= 4 is 28.5 Å². The molecule has 0 bridgehead atoms. The van der Waals surface area contributed by atoms with E-state index in [1.165, 1.54) is 0 Å². The van der Waals surface area contributed by atoms with Crippen LogP contribution in [0, 0.1) is 6.92 Å². The maximum Gasteiger partial charge on any atom is 0.148 e. The second-order valence-corrected chi connectivity index (χ2v) is 7.73. The highest BCUT2D eigenvalue weighted by Gasteiger charge is 2.16. The van der Waals surface area contributed by atoms with Gasteiger partial charge in [0.05, 0.1) is 16.9 Å². The van der Waals surface area contributed by atoms with Crippen molar-refractivity contribution in [2.45, 2.75) is 39.8 Å². The summed E-state index contributed by atoms with van der Waals surface area (Å²) in [6.07, 6.45) is 0. The van der Waals surface area contributed by atoms with Crippen molar-refractivity contribution in [3.8, 4) is 11.3 Å². The molecule has 0 saturated heterocycles. The fourth-order valence-corrected chi connectivity index (χ4v) is 2.86. The van der Waals surface area contributed by atoms with Crippen LogP contribution in [0.3, 0.4) is 0 Å². The Labute approximate surface area is 158 Å². The first-order chi connectivity index (χ1) is 12.4. The van der Waals surface area contributed by atoms with Crippen molar-refractivity contribution in [3.05, 3.63) is 35.7 Å². The Balaban J connectivity index is 1.99. The van der Waals surface area contributed by atoms with Crippen molar-refractivity contribution in [2.75, 3.05) is 17.7 Å². The van der Waals surface area contributed by atoms with Gasteiger partial charge in [0.1, 0.15) is 11.3 Å². The van der Waals surface area contributed by atoms with Crippen LogP contribution in [0.5, 0.6) is 0 Å². The molecular formula is C19H25ClN6.